The minimum absolute atomic E-state index is 0.0115. The fraction of sp³-hybridized carbons (Fsp3) is 0.368. The zero-order valence-corrected chi connectivity index (χ0v) is 17.4. The highest BCUT2D eigenvalue weighted by Crippen LogP contribution is 2.42. The van der Waals surface area contributed by atoms with Gasteiger partial charge in [0, 0.05) is 28.9 Å². The third-order valence-corrected chi connectivity index (χ3v) is 4.74. The molecule has 0 heterocycles. The fourth-order valence-electron chi connectivity index (χ4n) is 2.71. The number of hydrogen-bond acceptors (Lipinski definition) is 6. The maximum absolute atomic E-state index is 13.3. The van der Waals surface area contributed by atoms with Gasteiger partial charge in [-0.25, -0.2) is 0 Å². The molecule has 29 heavy (non-hydrogen) atoms. The van der Waals surface area contributed by atoms with E-state index in [0.717, 1.165) is 37.7 Å². The molecule has 2 aromatic carbocycles. The van der Waals surface area contributed by atoms with E-state index in [0.29, 0.717) is 18.8 Å². The lowest BCUT2D eigenvalue weighted by atomic mass is 10.1. The first-order valence-electron chi connectivity index (χ1n) is 9.09. The van der Waals surface area contributed by atoms with Crippen LogP contribution in [0.25, 0.3) is 0 Å². The van der Waals surface area contributed by atoms with Crippen LogP contribution in [0, 0.1) is 0 Å². The number of azo groups is 1. The van der Waals surface area contributed by atoms with E-state index in [1.807, 2.05) is 12.1 Å². The van der Waals surface area contributed by atoms with E-state index >= 15 is 0 Å². The predicted octanol–water partition coefficient (Wildman–Crippen LogP) is 4.97. The van der Waals surface area contributed by atoms with Crippen LogP contribution >= 0.6 is 15.9 Å². The predicted molar refractivity (Wildman–Crippen MR) is 114 cm³/mol. The Hall–Kier alpha value is -2.17. The van der Waals surface area contributed by atoms with Crippen LogP contribution in [0.3, 0.4) is 0 Å². The van der Waals surface area contributed by atoms with Crippen molar-refractivity contribution in [3.8, 4) is 0 Å². The van der Waals surface area contributed by atoms with E-state index in [1.54, 1.807) is 12.1 Å². The van der Waals surface area contributed by atoms with Gasteiger partial charge in [-0.15, -0.1) is 5.11 Å². The Morgan fingerprint density at radius 3 is 2.03 bits per heavy atom. The number of rotatable bonds is 9. The van der Waals surface area contributed by atoms with Crippen molar-refractivity contribution in [1.82, 2.24) is 0 Å². The molecule has 0 saturated carbocycles. The molecule has 0 bridgehead atoms. The number of alkyl halides is 3. The molecular weight excluding hydrogens is 449 g/mol. The summed E-state index contributed by atoms with van der Waals surface area (Å²) in [5, 5.41) is 7.77. The van der Waals surface area contributed by atoms with Crippen LogP contribution in [0.5, 0.6) is 0 Å². The monoisotopic (exact) mass is 472 g/mol. The highest BCUT2D eigenvalue weighted by molar-refractivity contribution is 9.10. The summed E-state index contributed by atoms with van der Waals surface area (Å²) in [5.74, 6) is 0. The molecule has 6 nitrogen and oxygen atoms in total. The SMILES string of the molecule is NCCCN(CCCN)c1ccc(N=Nc2c(Br)cc(N)cc2C(F)(F)F)cc1. The van der Waals surface area contributed by atoms with Gasteiger partial charge in [0.2, 0.25) is 0 Å². The second-order valence-electron chi connectivity index (χ2n) is 6.38. The first-order valence-corrected chi connectivity index (χ1v) is 9.88. The number of nitrogens with zero attached hydrogens (tertiary/aromatic N) is 3. The molecular formula is C19H24BrF3N6. The molecule has 0 fully saturated rings. The van der Waals surface area contributed by atoms with Gasteiger partial charge in [-0.3, -0.25) is 0 Å². The lowest BCUT2D eigenvalue weighted by Gasteiger charge is -2.24. The van der Waals surface area contributed by atoms with Crippen molar-refractivity contribution in [3.05, 3.63) is 46.4 Å². The Bertz CT molecular complexity index is 816. The maximum atomic E-state index is 13.3. The summed E-state index contributed by atoms with van der Waals surface area (Å²) in [6, 6.07) is 9.31. The molecule has 0 aliphatic carbocycles. The van der Waals surface area contributed by atoms with Crippen LogP contribution in [-0.4, -0.2) is 26.2 Å². The van der Waals surface area contributed by atoms with Crippen LogP contribution in [0.2, 0.25) is 0 Å². The van der Waals surface area contributed by atoms with Crippen LogP contribution in [0.15, 0.2) is 51.1 Å². The molecule has 0 amide bonds. The van der Waals surface area contributed by atoms with Gasteiger partial charge in [0.05, 0.1) is 11.3 Å². The van der Waals surface area contributed by atoms with Crippen molar-refractivity contribution in [3.63, 3.8) is 0 Å². The van der Waals surface area contributed by atoms with Gasteiger partial charge in [-0.1, -0.05) is 0 Å². The first-order chi connectivity index (χ1) is 13.8. The molecule has 2 aromatic rings. The molecule has 10 heteroatoms. The Morgan fingerprint density at radius 1 is 0.931 bits per heavy atom. The number of nitrogens with two attached hydrogens (primary N) is 3. The van der Waals surface area contributed by atoms with Crippen LogP contribution in [0.4, 0.5) is 35.9 Å². The summed E-state index contributed by atoms with van der Waals surface area (Å²) < 4.78 is 40.0. The Balaban J connectivity index is 2.24. The van der Waals surface area contributed by atoms with Crippen LogP contribution < -0.4 is 22.1 Å². The molecule has 0 unspecified atom stereocenters. The van der Waals surface area contributed by atoms with Crippen molar-refractivity contribution in [2.45, 2.75) is 19.0 Å². The third kappa shape index (κ3) is 6.69. The summed E-state index contributed by atoms with van der Waals surface area (Å²) in [6.07, 6.45) is -2.91. The normalized spacial score (nSPS) is 11.9. The van der Waals surface area contributed by atoms with E-state index in [1.165, 1.54) is 6.07 Å². The smallest absolute Gasteiger partial charge is 0.399 e. The minimum atomic E-state index is -4.59. The molecule has 0 aliphatic heterocycles. The Labute approximate surface area is 176 Å². The molecule has 6 N–H and O–H groups in total. The topological polar surface area (TPSA) is 106 Å². The van der Waals surface area contributed by atoms with Crippen molar-refractivity contribution in [2.24, 2.45) is 21.7 Å². The number of hydrogen-bond donors (Lipinski definition) is 3. The van der Waals surface area contributed by atoms with Crippen molar-refractivity contribution in [2.75, 3.05) is 36.8 Å². The molecule has 0 radical (unpaired) electrons. The largest absolute Gasteiger partial charge is 0.418 e. The summed E-state index contributed by atoms with van der Waals surface area (Å²) in [4.78, 5) is 2.17. The maximum Gasteiger partial charge on any atom is 0.418 e. The quantitative estimate of drug-likeness (QED) is 0.353. The Morgan fingerprint density at radius 2 is 1.52 bits per heavy atom. The van der Waals surface area contributed by atoms with E-state index in [4.69, 9.17) is 17.2 Å². The zero-order valence-electron chi connectivity index (χ0n) is 15.8. The minimum Gasteiger partial charge on any atom is -0.399 e. The molecule has 0 aliphatic rings. The van der Waals surface area contributed by atoms with Crippen LogP contribution in [-0.2, 0) is 6.18 Å². The van der Waals surface area contributed by atoms with Gasteiger partial charge in [0.15, 0.2) is 0 Å². The number of halogens is 4. The van der Waals surface area contributed by atoms with E-state index in [9.17, 15) is 13.2 Å². The van der Waals surface area contributed by atoms with Crippen molar-refractivity contribution < 1.29 is 13.2 Å². The molecule has 0 atom stereocenters. The standard InChI is InChI=1S/C19H24BrF3N6/c20-17-12-13(26)11-16(19(21,22)23)18(17)28-27-14-3-5-15(6-4-14)29(9-1-7-24)10-2-8-25/h3-6,11-12H,1-2,7-10,24-26H2. The molecule has 0 spiro atoms. The molecule has 0 aromatic heterocycles. The highest BCUT2D eigenvalue weighted by atomic mass is 79.9. The van der Waals surface area contributed by atoms with Crippen molar-refractivity contribution in [1.29, 1.82) is 0 Å². The number of anilines is 2. The average Bonchev–Trinajstić information content (AvgIpc) is 2.67. The van der Waals surface area contributed by atoms with Gasteiger partial charge in [0.1, 0.15) is 5.69 Å². The molecule has 0 saturated heterocycles. The number of benzene rings is 2. The lowest BCUT2D eigenvalue weighted by molar-refractivity contribution is -0.137. The summed E-state index contributed by atoms with van der Waals surface area (Å²) in [7, 11) is 0. The van der Waals surface area contributed by atoms with E-state index < -0.39 is 11.7 Å². The zero-order chi connectivity index (χ0) is 21.4. The summed E-state index contributed by atoms with van der Waals surface area (Å²) in [6.45, 7) is 2.77. The van der Waals surface area contributed by atoms with E-state index in [-0.39, 0.29) is 15.8 Å². The fourth-order valence-corrected chi connectivity index (χ4v) is 3.27. The summed E-state index contributed by atoms with van der Waals surface area (Å²) in [5.41, 5.74) is 16.8. The highest BCUT2D eigenvalue weighted by Gasteiger charge is 2.35. The average molecular weight is 473 g/mol. The second-order valence-corrected chi connectivity index (χ2v) is 7.24. The second kappa shape index (κ2) is 10.6. The summed E-state index contributed by atoms with van der Waals surface area (Å²) >= 11 is 3.08. The molecule has 2 rings (SSSR count). The number of nitrogen functional groups attached to an aromatic ring is 1. The van der Waals surface area contributed by atoms with Crippen LogP contribution in [0.1, 0.15) is 18.4 Å². The van der Waals surface area contributed by atoms with Gasteiger partial charge in [-0.05, 0) is 78.3 Å². The molecule has 158 valence electrons. The Kier molecular flexibility index (Phi) is 8.42. The van der Waals surface area contributed by atoms with Gasteiger partial charge in [-0.2, -0.15) is 18.3 Å². The van der Waals surface area contributed by atoms with Gasteiger partial charge in [0.25, 0.3) is 0 Å². The third-order valence-electron chi connectivity index (χ3n) is 4.14. The van der Waals surface area contributed by atoms with Gasteiger partial charge >= 0.3 is 6.18 Å². The van der Waals surface area contributed by atoms with E-state index in [2.05, 4.69) is 31.1 Å². The van der Waals surface area contributed by atoms with Crippen molar-refractivity contribution >= 4 is 38.7 Å². The lowest BCUT2D eigenvalue weighted by Crippen LogP contribution is -2.28. The van der Waals surface area contributed by atoms with Gasteiger partial charge < -0.3 is 22.1 Å². The first kappa shape index (κ1) is 23.1.